The van der Waals surface area contributed by atoms with Gasteiger partial charge in [0.05, 0.1) is 6.61 Å². The van der Waals surface area contributed by atoms with Crippen molar-refractivity contribution < 1.29 is 22.8 Å². The molecule has 1 fully saturated rings. The molecule has 25 heavy (non-hydrogen) atoms. The zero-order valence-corrected chi connectivity index (χ0v) is 15.9. The van der Waals surface area contributed by atoms with Gasteiger partial charge in [0.25, 0.3) is 0 Å². The van der Waals surface area contributed by atoms with Gasteiger partial charge in [0, 0.05) is 17.9 Å². The Bertz CT molecular complexity index is 599. The van der Waals surface area contributed by atoms with Crippen LogP contribution in [-0.4, -0.2) is 31.0 Å². The zero-order chi connectivity index (χ0) is 18.8. The van der Waals surface area contributed by atoms with Crippen molar-refractivity contribution >= 4 is 21.9 Å². The number of halogens is 1. The molecule has 144 valence electrons. The van der Waals surface area contributed by atoms with Gasteiger partial charge in [-0.3, -0.25) is 4.18 Å². The van der Waals surface area contributed by atoms with Crippen LogP contribution in [-0.2, 0) is 20.9 Å². The minimum atomic E-state index is -3.79. The monoisotopic (exact) mass is 393 g/mol. The lowest BCUT2D eigenvalue weighted by atomic mass is 9.95. The van der Waals surface area contributed by atoms with Gasteiger partial charge in [0.15, 0.2) is 5.79 Å². The minimum Gasteiger partial charge on any atom is -0.366 e. The normalized spacial score (nSPS) is 16.8. The molecule has 0 aromatic heterocycles. The lowest BCUT2D eigenvalue weighted by Gasteiger charge is -2.25. The molecule has 6 nitrogen and oxygen atoms in total. The number of hydrogen-bond donors (Lipinski definition) is 3. The lowest BCUT2D eigenvalue weighted by molar-refractivity contribution is -0.180. The molecule has 8 heteroatoms. The highest BCUT2D eigenvalue weighted by atomic mass is 35.5. The maximum atomic E-state index is 10.5. The Balaban J connectivity index is 0.000000324. The van der Waals surface area contributed by atoms with Gasteiger partial charge in [0.1, 0.15) is 0 Å². The highest BCUT2D eigenvalue weighted by molar-refractivity contribution is 7.84. The summed E-state index contributed by atoms with van der Waals surface area (Å²) in [5.74, 6) is -1.32. The summed E-state index contributed by atoms with van der Waals surface area (Å²) in [5.41, 5.74) is 1.11. The molecule has 0 saturated heterocycles. The molecule has 1 aliphatic carbocycles. The topological polar surface area (TPSA) is 110 Å². The van der Waals surface area contributed by atoms with Crippen LogP contribution >= 0.6 is 11.6 Å². The summed E-state index contributed by atoms with van der Waals surface area (Å²) in [6.45, 7) is 0.140. The van der Waals surface area contributed by atoms with Gasteiger partial charge in [-0.25, -0.2) is 5.14 Å². The Labute approximate surface area is 155 Å². The second-order valence-corrected chi connectivity index (χ2v) is 7.89. The molecule has 0 amide bonds. The molecule has 1 aliphatic rings. The smallest absolute Gasteiger partial charge is 0.333 e. The van der Waals surface area contributed by atoms with Crippen molar-refractivity contribution in [3.63, 3.8) is 0 Å². The molecule has 0 atom stereocenters. The third-order valence-electron chi connectivity index (χ3n) is 3.95. The maximum Gasteiger partial charge on any atom is 0.333 e. The van der Waals surface area contributed by atoms with E-state index in [-0.39, 0.29) is 6.61 Å². The van der Waals surface area contributed by atoms with Crippen molar-refractivity contribution in [3.05, 3.63) is 34.9 Å². The number of benzene rings is 1. The van der Waals surface area contributed by atoms with E-state index in [4.69, 9.17) is 27.0 Å². The number of hydrogen-bond acceptors (Lipinski definition) is 5. The van der Waals surface area contributed by atoms with E-state index in [1.54, 1.807) is 0 Å². The van der Waals surface area contributed by atoms with Crippen LogP contribution in [0.2, 0.25) is 5.02 Å². The van der Waals surface area contributed by atoms with Crippen molar-refractivity contribution in [3.8, 4) is 0 Å². The van der Waals surface area contributed by atoms with E-state index in [1.165, 1.54) is 0 Å². The number of aryl methyl sites for hydroxylation is 1. The Morgan fingerprint density at radius 2 is 1.72 bits per heavy atom. The van der Waals surface area contributed by atoms with E-state index in [1.807, 2.05) is 24.3 Å². The third kappa shape index (κ3) is 11.5. The Morgan fingerprint density at radius 1 is 1.08 bits per heavy atom. The Morgan fingerprint density at radius 3 is 2.24 bits per heavy atom. The van der Waals surface area contributed by atoms with Crippen molar-refractivity contribution in [1.29, 1.82) is 0 Å². The summed E-state index contributed by atoms with van der Waals surface area (Å²) in [6, 6.07) is 7.70. The molecule has 0 bridgehead atoms. The number of unbranched alkanes of at least 4 members (excludes halogenated alkanes) is 2. The minimum absolute atomic E-state index is 0.140. The Hall–Kier alpha value is -0.700. The first kappa shape index (κ1) is 22.3. The fraction of sp³-hybridized carbons (Fsp3) is 0.647. The second-order valence-electron chi connectivity index (χ2n) is 6.26. The SMILES string of the molecule is NS(=O)(=O)OCCCCCc1ccccc1Cl.OC1(O)CCCCC1. The van der Waals surface area contributed by atoms with Crippen LogP contribution in [0.1, 0.15) is 56.9 Å². The van der Waals surface area contributed by atoms with Gasteiger partial charge < -0.3 is 10.2 Å². The fourth-order valence-electron chi connectivity index (χ4n) is 2.59. The van der Waals surface area contributed by atoms with Gasteiger partial charge in [0.2, 0.25) is 0 Å². The second kappa shape index (κ2) is 11.1. The summed E-state index contributed by atoms with van der Waals surface area (Å²) in [7, 11) is -3.79. The van der Waals surface area contributed by atoms with Crippen molar-refractivity contribution in [1.82, 2.24) is 0 Å². The van der Waals surface area contributed by atoms with Gasteiger partial charge in [-0.05, 0) is 43.7 Å². The van der Waals surface area contributed by atoms with Crippen molar-refractivity contribution in [2.24, 2.45) is 5.14 Å². The number of aliphatic hydroxyl groups is 2. The molecule has 0 spiro atoms. The van der Waals surface area contributed by atoms with E-state index < -0.39 is 16.1 Å². The molecule has 0 aliphatic heterocycles. The van der Waals surface area contributed by atoms with E-state index >= 15 is 0 Å². The van der Waals surface area contributed by atoms with Crippen LogP contribution in [0.5, 0.6) is 0 Å². The van der Waals surface area contributed by atoms with Crippen LogP contribution in [0.25, 0.3) is 0 Å². The average molecular weight is 394 g/mol. The summed E-state index contributed by atoms with van der Waals surface area (Å²) < 4.78 is 25.4. The predicted molar refractivity (Wildman–Crippen MR) is 98.3 cm³/mol. The first-order valence-corrected chi connectivity index (χ1v) is 10.4. The average Bonchev–Trinajstić information content (AvgIpc) is 2.52. The number of nitrogens with two attached hydrogens (primary N) is 1. The van der Waals surface area contributed by atoms with Crippen molar-refractivity contribution in [2.75, 3.05) is 6.61 Å². The molecule has 0 unspecified atom stereocenters. The molecular formula is C17H28ClNO5S. The summed E-state index contributed by atoms with van der Waals surface area (Å²) in [4.78, 5) is 0. The van der Waals surface area contributed by atoms with E-state index in [0.29, 0.717) is 19.3 Å². The largest absolute Gasteiger partial charge is 0.366 e. The molecule has 1 saturated carbocycles. The summed E-state index contributed by atoms with van der Waals surface area (Å²) in [6.07, 6.45) is 7.58. The third-order valence-corrected chi connectivity index (χ3v) is 4.81. The maximum absolute atomic E-state index is 10.5. The quantitative estimate of drug-likeness (QED) is 0.487. The zero-order valence-electron chi connectivity index (χ0n) is 14.4. The predicted octanol–water partition coefficient (Wildman–Crippen LogP) is 2.90. The molecule has 1 aromatic carbocycles. The molecule has 1 aromatic rings. The summed E-state index contributed by atoms with van der Waals surface area (Å²) in [5, 5.41) is 23.3. The molecule has 0 radical (unpaired) electrons. The molecular weight excluding hydrogens is 366 g/mol. The highest BCUT2D eigenvalue weighted by Gasteiger charge is 2.24. The van der Waals surface area contributed by atoms with Crippen molar-refractivity contribution in [2.45, 2.75) is 63.6 Å². The van der Waals surface area contributed by atoms with Crippen LogP contribution in [0.4, 0.5) is 0 Å². The van der Waals surface area contributed by atoms with E-state index in [9.17, 15) is 8.42 Å². The van der Waals surface area contributed by atoms with E-state index in [2.05, 4.69) is 4.18 Å². The van der Waals surface area contributed by atoms with Gasteiger partial charge in [-0.2, -0.15) is 8.42 Å². The van der Waals surface area contributed by atoms with Crippen LogP contribution in [0, 0.1) is 0 Å². The Kier molecular flexibility index (Phi) is 9.92. The standard InChI is InChI=1S/C11H16ClNO3S.C6H12O2/c12-11-8-4-3-7-10(11)6-2-1-5-9-16-17(13,14)15;7-6(8)4-2-1-3-5-6/h3-4,7-8H,1-2,5-6,9H2,(H2,13,14,15);7-8H,1-5H2. The summed E-state index contributed by atoms with van der Waals surface area (Å²) >= 11 is 6.00. The highest BCUT2D eigenvalue weighted by Crippen LogP contribution is 2.24. The van der Waals surface area contributed by atoms with Gasteiger partial charge in [-0.1, -0.05) is 42.6 Å². The molecule has 0 heterocycles. The molecule has 2 rings (SSSR count). The number of rotatable bonds is 7. The first-order chi connectivity index (χ1) is 11.7. The lowest BCUT2D eigenvalue weighted by Crippen LogP contribution is -2.30. The van der Waals surface area contributed by atoms with Crippen LogP contribution < -0.4 is 5.14 Å². The van der Waals surface area contributed by atoms with Gasteiger partial charge in [-0.15, -0.1) is 0 Å². The fourth-order valence-corrected chi connectivity index (χ4v) is 3.17. The van der Waals surface area contributed by atoms with Crippen LogP contribution in [0.3, 0.4) is 0 Å². The molecule has 4 N–H and O–H groups in total. The van der Waals surface area contributed by atoms with Gasteiger partial charge >= 0.3 is 10.3 Å². The van der Waals surface area contributed by atoms with Crippen LogP contribution in [0.15, 0.2) is 24.3 Å². The first-order valence-electron chi connectivity index (χ1n) is 8.55. The van der Waals surface area contributed by atoms with E-state index in [0.717, 1.165) is 49.1 Å².